The first-order valence-corrected chi connectivity index (χ1v) is 9.69. The molecular formula is C22H29FIN3O2. The standard InChI is InChI=1S/C22H28FN3O2.HI/c1-24-22(26-15-19-4-2-3-5-21(19)23)25-14-17-6-8-18(9-7-17)16-28-20-10-12-27-13-11-20;/h2-9,20H,10-16H2,1H3,(H2,24,25,26);1H. The molecule has 0 radical (unpaired) electrons. The van der Waals surface area contributed by atoms with Crippen LogP contribution in [0.1, 0.15) is 29.5 Å². The molecule has 0 saturated carbocycles. The van der Waals surface area contributed by atoms with Crippen LogP contribution in [0.25, 0.3) is 0 Å². The number of benzene rings is 2. The van der Waals surface area contributed by atoms with E-state index in [2.05, 4.69) is 39.9 Å². The van der Waals surface area contributed by atoms with Gasteiger partial charge in [0.15, 0.2) is 5.96 Å². The second kappa shape index (κ2) is 12.8. The molecule has 2 N–H and O–H groups in total. The van der Waals surface area contributed by atoms with Gasteiger partial charge in [0, 0.05) is 38.9 Å². The van der Waals surface area contributed by atoms with Gasteiger partial charge in [-0.15, -0.1) is 24.0 Å². The topological polar surface area (TPSA) is 54.9 Å². The van der Waals surface area contributed by atoms with Gasteiger partial charge >= 0.3 is 0 Å². The Hall–Kier alpha value is -1.71. The number of nitrogens with one attached hydrogen (secondary N) is 2. The highest BCUT2D eigenvalue weighted by Gasteiger charge is 2.13. The molecule has 0 aromatic heterocycles. The van der Waals surface area contributed by atoms with E-state index >= 15 is 0 Å². The molecule has 0 atom stereocenters. The fraction of sp³-hybridized carbons (Fsp3) is 0.409. The molecule has 1 aliphatic heterocycles. The Morgan fingerprint density at radius 3 is 2.38 bits per heavy atom. The lowest BCUT2D eigenvalue weighted by molar-refractivity contribution is -0.0390. The molecule has 1 heterocycles. The highest BCUT2D eigenvalue weighted by molar-refractivity contribution is 14.0. The molecule has 1 fully saturated rings. The number of guanidine groups is 1. The summed E-state index contributed by atoms with van der Waals surface area (Å²) >= 11 is 0. The SMILES string of the molecule is CN=C(NCc1ccc(COC2CCOCC2)cc1)NCc1ccccc1F.I. The van der Waals surface area contributed by atoms with Gasteiger partial charge in [-0.2, -0.15) is 0 Å². The van der Waals surface area contributed by atoms with E-state index in [1.54, 1.807) is 19.2 Å². The van der Waals surface area contributed by atoms with Crippen molar-refractivity contribution in [1.82, 2.24) is 10.6 Å². The van der Waals surface area contributed by atoms with Gasteiger partial charge in [0.05, 0.1) is 12.7 Å². The highest BCUT2D eigenvalue weighted by atomic mass is 127. The predicted octanol–water partition coefficient (Wildman–Crippen LogP) is 4.00. The molecule has 0 unspecified atom stereocenters. The zero-order valence-electron chi connectivity index (χ0n) is 16.7. The van der Waals surface area contributed by atoms with Crippen molar-refractivity contribution in [2.24, 2.45) is 4.99 Å². The van der Waals surface area contributed by atoms with Crippen LogP contribution in [-0.4, -0.2) is 32.3 Å². The molecule has 2 aromatic carbocycles. The molecule has 158 valence electrons. The lowest BCUT2D eigenvalue weighted by Gasteiger charge is -2.22. The van der Waals surface area contributed by atoms with Crippen LogP contribution >= 0.6 is 24.0 Å². The fourth-order valence-corrected chi connectivity index (χ4v) is 3.04. The van der Waals surface area contributed by atoms with Crippen LogP contribution in [0.4, 0.5) is 4.39 Å². The number of rotatable bonds is 7. The molecule has 5 nitrogen and oxygen atoms in total. The van der Waals surface area contributed by atoms with Crippen molar-refractivity contribution in [1.29, 1.82) is 0 Å². The first kappa shape index (κ1) is 23.6. The number of ether oxygens (including phenoxy) is 2. The Labute approximate surface area is 189 Å². The van der Waals surface area contributed by atoms with E-state index in [4.69, 9.17) is 9.47 Å². The van der Waals surface area contributed by atoms with Gasteiger partial charge in [0.2, 0.25) is 0 Å². The number of halogens is 2. The average molecular weight is 513 g/mol. The van der Waals surface area contributed by atoms with Crippen molar-refractivity contribution in [3.8, 4) is 0 Å². The molecule has 3 rings (SSSR count). The van der Waals surface area contributed by atoms with Gasteiger partial charge < -0.3 is 20.1 Å². The summed E-state index contributed by atoms with van der Waals surface area (Å²) in [4.78, 5) is 4.19. The summed E-state index contributed by atoms with van der Waals surface area (Å²) in [7, 11) is 1.70. The van der Waals surface area contributed by atoms with Crippen molar-refractivity contribution in [3.05, 3.63) is 71.0 Å². The summed E-state index contributed by atoms with van der Waals surface area (Å²) < 4.78 is 25.0. The van der Waals surface area contributed by atoms with E-state index in [0.717, 1.165) is 37.2 Å². The van der Waals surface area contributed by atoms with E-state index in [1.165, 1.54) is 6.07 Å². The monoisotopic (exact) mass is 513 g/mol. The molecule has 0 amide bonds. The molecule has 29 heavy (non-hydrogen) atoms. The molecule has 0 aliphatic carbocycles. The fourth-order valence-electron chi connectivity index (χ4n) is 3.04. The Morgan fingerprint density at radius 1 is 1.03 bits per heavy atom. The Bertz CT molecular complexity index is 765. The van der Waals surface area contributed by atoms with E-state index in [0.29, 0.717) is 37.3 Å². The van der Waals surface area contributed by atoms with E-state index in [9.17, 15) is 4.39 Å². The van der Waals surface area contributed by atoms with Crippen LogP contribution in [0.5, 0.6) is 0 Å². The number of hydrogen-bond donors (Lipinski definition) is 2. The van der Waals surface area contributed by atoms with Crippen molar-refractivity contribution < 1.29 is 13.9 Å². The minimum atomic E-state index is -0.219. The first-order chi connectivity index (χ1) is 13.7. The molecule has 0 spiro atoms. The maximum Gasteiger partial charge on any atom is 0.191 e. The Kier molecular flexibility index (Phi) is 10.4. The first-order valence-electron chi connectivity index (χ1n) is 9.69. The highest BCUT2D eigenvalue weighted by Crippen LogP contribution is 2.14. The third-order valence-electron chi connectivity index (χ3n) is 4.76. The molecule has 7 heteroatoms. The van der Waals surface area contributed by atoms with Crippen LogP contribution in [0.3, 0.4) is 0 Å². The lowest BCUT2D eigenvalue weighted by atomic mass is 10.1. The summed E-state index contributed by atoms with van der Waals surface area (Å²) in [6.45, 7) is 3.24. The van der Waals surface area contributed by atoms with Crippen LogP contribution in [0.15, 0.2) is 53.5 Å². The Balaban J connectivity index is 0.00000300. The third kappa shape index (κ3) is 7.91. The number of hydrogen-bond acceptors (Lipinski definition) is 3. The van der Waals surface area contributed by atoms with Gasteiger partial charge in [-0.3, -0.25) is 4.99 Å². The van der Waals surface area contributed by atoms with Crippen LogP contribution in [-0.2, 0) is 29.2 Å². The number of aliphatic imine (C=N–C) groups is 1. The number of nitrogens with zero attached hydrogens (tertiary/aromatic N) is 1. The van der Waals surface area contributed by atoms with Crippen molar-refractivity contribution in [3.63, 3.8) is 0 Å². The second-order valence-electron chi connectivity index (χ2n) is 6.81. The summed E-state index contributed by atoms with van der Waals surface area (Å²) in [5.41, 5.74) is 2.92. The van der Waals surface area contributed by atoms with Crippen LogP contribution in [0, 0.1) is 5.82 Å². The molecule has 2 aromatic rings. The van der Waals surface area contributed by atoms with E-state index in [1.807, 2.05) is 6.07 Å². The summed E-state index contributed by atoms with van der Waals surface area (Å²) in [5, 5.41) is 6.38. The maximum absolute atomic E-state index is 13.7. The largest absolute Gasteiger partial charge is 0.381 e. The second-order valence-corrected chi connectivity index (χ2v) is 6.81. The summed E-state index contributed by atoms with van der Waals surface area (Å²) in [6.07, 6.45) is 2.25. The average Bonchev–Trinajstić information content (AvgIpc) is 2.75. The predicted molar refractivity (Wildman–Crippen MR) is 124 cm³/mol. The third-order valence-corrected chi connectivity index (χ3v) is 4.76. The molecule has 1 aliphatic rings. The molecular weight excluding hydrogens is 484 g/mol. The minimum Gasteiger partial charge on any atom is -0.381 e. The van der Waals surface area contributed by atoms with Crippen LogP contribution in [0.2, 0.25) is 0 Å². The zero-order valence-corrected chi connectivity index (χ0v) is 19.0. The minimum absolute atomic E-state index is 0. The van der Waals surface area contributed by atoms with Crippen molar-refractivity contribution >= 4 is 29.9 Å². The van der Waals surface area contributed by atoms with Gasteiger partial charge in [-0.1, -0.05) is 42.5 Å². The van der Waals surface area contributed by atoms with Gasteiger partial charge in [-0.25, -0.2) is 4.39 Å². The Morgan fingerprint density at radius 2 is 1.69 bits per heavy atom. The summed E-state index contributed by atoms with van der Waals surface area (Å²) in [5.74, 6) is 0.416. The van der Waals surface area contributed by atoms with Crippen molar-refractivity contribution in [2.75, 3.05) is 20.3 Å². The van der Waals surface area contributed by atoms with Gasteiger partial charge in [-0.05, 0) is 30.0 Å². The lowest BCUT2D eigenvalue weighted by Crippen LogP contribution is -2.36. The van der Waals surface area contributed by atoms with Crippen molar-refractivity contribution in [2.45, 2.75) is 38.6 Å². The van der Waals surface area contributed by atoms with E-state index in [-0.39, 0.29) is 29.8 Å². The summed E-state index contributed by atoms with van der Waals surface area (Å²) in [6, 6.07) is 15.1. The molecule has 0 bridgehead atoms. The maximum atomic E-state index is 13.7. The normalized spacial score (nSPS) is 14.9. The smallest absolute Gasteiger partial charge is 0.191 e. The van der Waals surface area contributed by atoms with Gasteiger partial charge in [0.1, 0.15) is 5.82 Å². The zero-order chi connectivity index (χ0) is 19.6. The van der Waals surface area contributed by atoms with Gasteiger partial charge in [0.25, 0.3) is 0 Å². The van der Waals surface area contributed by atoms with E-state index < -0.39 is 0 Å². The van der Waals surface area contributed by atoms with Crippen LogP contribution < -0.4 is 10.6 Å². The molecule has 1 saturated heterocycles. The quantitative estimate of drug-likeness (QED) is 0.334.